The molecule has 3 nitrogen and oxygen atoms in total. The summed E-state index contributed by atoms with van der Waals surface area (Å²) in [4.78, 5) is 4.35. The number of fused-ring (bicyclic) bond motifs is 1. The maximum Gasteiger partial charge on any atom is 0.573 e. The van der Waals surface area contributed by atoms with Gasteiger partial charge in [-0.3, -0.25) is 0 Å². The summed E-state index contributed by atoms with van der Waals surface area (Å²) in [5, 5.41) is 4.14. The Morgan fingerprint density at radius 3 is 2.52 bits per heavy atom. The molecule has 1 N–H and O–H groups in total. The lowest BCUT2D eigenvalue weighted by molar-refractivity contribution is -0.274. The van der Waals surface area contributed by atoms with E-state index in [1.807, 2.05) is 6.07 Å². The lowest BCUT2D eigenvalue weighted by Crippen LogP contribution is -2.16. The molecule has 7 heteroatoms. The zero-order chi connectivity index (χ0) is 16.4. The zero-order valence-electron chi connectivity index (χ0n) is 11.4. The minimum absolute atomic E-state index is 0.289. The van der Waals surface area contributed by atoms with Crippen molar-refractivity contribution in [2.45, 2.75) is 6.36 Å². The number of aromatic nitrogens is 1. The molecule has 0 aliphatic carbocycles. The first-order valence-corrected chi connectivity index (χ1v) is 6.80. The van der Waals surface area contributed by atoms with Gasteiger partial charge in [-0.25, -0.2) is 4.98 Å². The van der Waals surface area contributed by atoms with Crippen LogP contribution >= 0.6 is 11.6 Å². The van der Waals surface area contributed by atoms with E-state index in [0.29, 0.717) is 22.0 Å². The highest BCUT2D eigenvalue weighted by Crippen LogP contribution is 2.26. The standard InChI is InChI=1S/C16H8ClF3N2O/c17-13-3-1-2-10-4-9-14(22-15(10)13)21-11-5-7-12(8-6-11)23-16(18,19)20/h2,4-9H,(H,21,22). The van der Waals surface area contributed by atoms with Gasteiger partial charge in [0.15, 0.2) is 0 Å². The van der Waals surface area contributed by atoms with E-state index in [2.05, 4.69) is 27.2 Å². The van der Waals surface area contributed by atoms with Crippen molar-refractivity contribution in [3.05, 3.63) is 59.6 Å². The summed E-state index contributed by atoms with van der Waals surface area (Å²) in [6.45, 7) is 0. The molecule has 3 rings (SSSR count). The molecule has 0 fully saturated rings. The van der Waals surface area contributed by atoms with Gasteiger partial charge < -0.3 is 10.1 Å². The molecular formula is C16H8ClF3N2O. The Labute approximate surface area is 134 Å². The van der Waals surface area contributed by atoms with Crippen molar-refractivity contribution in [1.29, 1.82) is 0 Å². The Balaban J connectivity index is 1.80. The van der Waals surface area contributed by atoms with Crippen molar-refractivity contribution in [3.63, 3.8) is 0 Å². The average Bonchev–Trinajstić information content (AvgIpc) is 2.49. The summed E-state index contributed by atoms with van der Waals surface area (Å²) in [7, 11) is 0. The smallest absolute Gasteiger partial charge is 0.406 e. The van der Waals surface area contributed by atoms with E-state index in [1.54, 1.807) is 12.1 Å². The molecule has 0 atom stereocenters. The molecule has 0 unspecified atom stereocenters. The molecule has 0 radical (unpaired) electrons. The number of halogens is 4. The number of nitrogens with one attached hydrogen (secondary N) is 1. The van der Waals surface area contributed by atoms with E-state index >= 15 is 0 Å². The molecule has 2 aromatic carbocycles. The zero-order valence-corrected chi connectivity index (χ0v) is 12.2. The van der Waals surface area contributed by atoms with E-state index in [9.17, 15) is 13.2 Å². The Hall–Kier alpha value is -2.65. The SMILES string of the molecule is FC(F)(F)Oc1ccc(Nc2ccc3cc#cc(Cl)c3n2)cc1. The van der Waals surface area contributed by atoms with Gasteiger partial charge in [-0.1, -0.05) is 17.7 Å². The molecule has 0 spiro atoms. The average molecular weight is 337 g/mol. The summed E-state index contributed by atoms with van der Waals surface area (Å²) in [6, 6.07) is 16.1. The van der Waals surface area contributed by atoms with Gasteiger partial charge in [0.1, 0.15) is 22.1 Å². The molecule has 1 heterocycles. The number of hydrogen-bond acceptors (Lipinski definition) is 3. The van der Waals surface area contributed by atoms with Crippen molar-refractivity contribution in [1.82, 2.24) is 4.98 Å². The molecule has 0 aliphatic rings. The molecule has 0 saturated carbocycles. The molecule has 23 heavy (non-hydrogen) atoms. The third-order valence-corrected chi connectivity index (χ3v) is 3.18. The second kappa shape index (κ2) is 5.86. The van der Waals surface area contributed by atoms with Crippen LogP contribution in [0.15, 0.2) is 42.5 Å². The van der Waals surface area contributed by atoms with Crippen LogP contribution in [0.25, 0.3) is 10.9 Å². The normalized spacial score (nSPS) is 11.1. The third-order valence-electron chi connectivity index (χ3n) is 2.90. The van der Waals surface area contributed by atoms with Crippen LogP contribution in [-0.2, 0) is 0 Å². The maximum absolute atomic E-state index is 12.1. The highest BCUT2D eigenvalue weighted by molar-refractivity contribution is 6.34. The number of alkyl halides is 3. The summed E-state index contributed by atoms with van der Waals surface area (Å²) in [5.74, 6) is 0.214. The Morgan fingerprint density at radius 2 is 1.83 bits per heavy atom. The lowest BCUT2D eigenvalue weighted by atomic mass is 10.2. The number of ether oxygens (including phenoxy) is 1. The van der Waals surface area contributed by atoms with Crippen molar-refractivity contribution < 1.29 is 17.9 Å². The van der Waals surface area contributed by atoms with Crippen LogP contribution in [0.4, 0.5) is 24.7 Å². The molecule has 1 aromatic heterocycles. The van der Waals surface area contributed by atoms with Crippen LogP contribution in [0.2, 0.25) is 5.02 Å². The van der Waals surface area contributed by atoms with E-state index < -0.39 is 6.36 Å². The minimum atomic E-state index is -4.71. The van der Waals surface area contributed by atoms with Gasteiger partial charge in [-0.15, -0.1) is 13.2 Å². The van der Waals surface area contributed by atoms with Gasteiger partial charge in [0, 0.05) is 11.1 Å². The highest BCUT2D eigenvalue weighted by Gasteiger charge is 2.30. The van der Waals surface area contributed by atoms with Gasteiger partial charge in [0.05, 0.1) is 0 Å². The molecule has 0 saturated heterocycles. The number of anilines is 2. The van der Waals surface area contributed by atoms with E-state index in [4.69, 9.17) is 11.6 Å². The van der Waals surface area contributed by atoms with Gasteiger partial charge in [-0.05, 0) is 48.5 Å². The monoisotopic (exact) mass is 336 g/mol. The molecule has 116 valence electrons. The van der Waals surface area contributed by atoms with Crippen LogP contribution in [0, 0.1) is 12.1 Å². The van der Waals surface area contributed by atoms with Gasteiger partial charge in [-0.2, -0.15) is 0 Å². The van der Waals surface area contributed by atoms with E-state index in [0.717, 1.165) is 5.39 Å². The highest BCUT2D eigenvalue weighted by atomic mass is 35.5. The number of pyridine rings is 1. The molecule has 0 aliphatic heterocycles. The molecule has 0 bridgehead atoms. The van der Waals surface area contributed by atoms with Crippen molar-refractivity contribution in [2.75, 3.05) is 5.32 Å². The van der Waals surface area contributed by atoms with Crippen LogP contribution in [0.3, 0.4) is 0 Å². The summed E-state index contributed by atoms with van der Waals surface area (Å²) in [6.07, 6.45) is -4.71. The fourth-order valence-corrected chi connectivity index (χ4v) is 2.16. The number of hydrogen-bond donors (Lipinski definition) is 1. The third kappa shape index (κ3) is 3.76. The quantitative estimate of drug-likeness (QED) is 0.720. The molecule has 0 amide bonds. The number of nitrogens with zero attached hydrogens (tertiary/aromatic N) is 1. The summed E-state index contributed by atoms with van der Waals surface area (Å²) >= 11 is 6.01. The predicted molar refractivity (Wildman–Crippen MR) is 80.8 cm³/mol. The first-order valence-electron chi connectivity index (χ1n) is 6.42. The summed E-state index contributed by atoms with van der Waals surface area (Å²) < 4.78 is 40.1. The van der Waals surface area contributed by atoms with Gasteiger partial charge >= 0.3 is 6.36 Å². The second-order valence-electron chi connectivity index (χ2n) is 4.56. The minimum Gasteiger partial charge on any atom is -0.406 e. The molecular weight excluding hydrogens is 329 g/mol. The largest absolute Gasteiger partial charge is 0.573 e. The summed E-state index contributed by atoms with van der Waals surface area (Å²) in [5.41, 5.74) is 1.13. The van der Waals surface area contributed by atoms with Crippen molar-refractivity contribution >= 4 is 34.0 Å². The first-order chi connectivity index (χ1) is 10.9. The fourth-order valence-electron chi connectivity index (χ4n) is 1.96. The van der Waals surface area contributed by atoms with Crippen LogP contribution in [0.1, 0.15) is 0 Å². The lowest BCUT2D eigenvalue weighted by Gasteiger charge is -2.10. The first kappa shape index (κ1) is 15.3. The van der Waals surface area contributed by atoms with Crippen molar-refractivity contribution in [2.24, 2.45) is 0 Å². The van der Waals surface area contributed by atoms with E-state index in [1.165, 1.54) is 24.3 Å². The van der Waals surface area contributed by atoms with Crippen LogP contribution in [-0.4, -0.2) is 11.3 Å². The predicted octanol–water partition coefficient (Wildman–Crippen LogP) is 5.13. The van der Waals surface area contributed by atoms with Gasteiger partial charge in [0.2, 0.25) is 0 Å². The number of rotatable bonds is 3. The second-order valence-corrected chi connectivity index (χ2v) is 4.94. The Bertz CT molecular complexity index is 835. The van der Waals surface area contributed by atoms with E-state index in [-0.39, 0.29) is 5.75 Å². The topological polar surface area (TPSA) is 34.1 Å². The van der Waals surface area contributed by atoms with Crippen LogP contribution in [0.5, 0.6) is 5.75 Å². The number of benzene rings is 1. The Morgan fingerprint density at radius 1 is 1.09 bits per heavy atom. The fraction of sp³-hybridized carbons (Fsp3) is 0.0625. The van der Waals surface area contributed by atoms with Crippen LogP contribution < -0.4 is 10.1 Å². The van der Waals surface area contributed by atoms with Gasteiger partial charge in [0.25, 0.3) is 0 Å². The molecule has 3 aromatic rings. The maximum atomic E-state index is 12.1. The van der Waals surface area contributed by atoms with Crippen molar-refractivity contribution in [3.8, 4) is 5.75 Å². The Kier molecular flexibility index (Phi) is 3.89.